The van der Waals surface area contributed by atoms with Crippen molar-refractivity contribution in [2.45, 2.75) is 25.7 Å². The zero-order valence-corrected chi connectivity index (χ0v) is 10.1. The number of nitrogens with zero attached hydrogens (tertiary/aromatic N) is 1. The van der Waals surface area contributed by atoms with Gasteiger partial charge in [-0.3, -0.25) is 10.1 Å². The first kappa shape index (κ1) is 14.4. The van der Waals surface area contributed by atoms with Gasteiger partial charge in [-0.15, -0.1) is 0 Å². The summed E-state index contributed by atoms with van der Waals surface area (Å²) in [6, 6.07) is 3.48. The van der Waals surface area contributed by atoms with Gasteiger partial charge in [-0.1, -0.05) is 12.8 Å². The standard InChI is InChI=1S/C12H17FN2O3/c13-10-5-6-11(12(9-10)15(17)18)14-7-3-1-2-4-8-16/h5-6,9,14,16H,1-4,7-8H2. The van der Waals surface area contributed by atoms with E-state index in [-0.39, 0.29) is 12.3 Å². The van der Waals surface area contributed by atoms with E-state index in [4.69, 9.17) is 5.11 Å². The van der Waals surface area contributed by atoms with Gasteiger partial charge in [0.15, 0.2) is 0 Å². The molecule has 1 aromatic carbocycles. The van der Waals surface area contributed by atoms with Crippen LogP contribution in [0.1, 0.15) is 25.7 Å². The molecule has 0 aliphatic heterocycles. The lowest BCUT2D eigenvalue weighted by molar-refractivity contribution is -0.384. The number of unbranched alkanes of at least 4 members (excludes halogenated alkanes) is 3. The van der Waals surface area contributed by atoms with Crippen molar-refractivity contribution in [2.75, 3.05) is 18.5 Å². The molecule has 0 aliphatic carbocycles. The van der Waals surface area contributed by atoms with Crippen molar-refractivity contribution >= 4 is 11.4 Å². The molecule has 0 spiro atoms. The number of benzene rings is 1. The molecule has 5 nitrogen and oxygen atoms in total. The Morgan fingerprint density at radius 3 is 2.67 bits per heavy atom. The third kappa shape index (κ3) is 4.67. The topological polar surface area (TPSA) is 75.4 Å². The molecule has 0 atom stereocenters. The highest BCUT2D eigenvalue weighted by Gasteiger charge is 2.13. The molecule has 2 N–H and O–H groups in total. The minimum atomic E-state index is -0.616. The zero-order chi connectivity index (χ0) is 13.4. The van der Waals surface area contributed by atoms with Gasteiger partial charge in [-0.2, -0.15) is 0 Å². The number of halogens is 1. The van der Waals surface area contributed by atoms with E-state index in [0.717, 1.165) is 31.7 Å². The molecule has 1 aromatic rings. The number of rotatable bonds is 8. The molecule has 0 unspecified atom stereocenters. The van der Waals surface area contributed by atoms with Gasteiger partial charge in [0.1, 0.15) is 11.5 Å². The second-order valence-corrected chi connectivity index (χ2v) is 3.98. The first-order valence-corrected chi connectivity index (χ1v) is 5.94. The van der Waals surface area contributed by atoms with Gasteiger partial charge in [0.2, 0.25) is 0 Å². The average molecular weight is 256 g/mol. The normalized spacial score (nSPS) is 10.3. The molecule has 0 saturated heterocycles. The highest BCUT2D eigenvalue weighted by molar-refractivity contribution is 5.61. The van der Waals surface area contributed by atoms with Crippen LogP contribution in [0, 0.1) is 15.9 Å². The SMILES string of the molecule is O=[N+]([O-])c1cc(F)ccc1NCCCCCCO. The number of aliphatic hydroxyl groups excluding tert-OH is 1. The predicted octanol–water partition coefficient (Wildman–Crippen LogP) is 2.70. The maximum Gasteiger partial charge on any atom is 0.295 e. The Balaban J connectivity index is 2.44. The molecule has 100 valence electrons. The van der Waals surface area contributed by atoms with Crippen LogP contribution in [0.15, 0.2) is 18.2 Å². The van der Waals surface area contributed by atoms with Crippen molar-refractivity contribution in [1.82, 2.24) is 0 Å². The van der Waals surface area contributed by atoms with Crippen LogP contribution in [-0.4, -0.2) is 23.2 Å². The van der Waals surface area contributed by atoms with Gasteiger partial charge < -0.3 is 10.4 Å². The van der Waals surface area contributed by atoms with Gasteiger partial charge in [0.25, 0.3) is 5.69 Å². The van der Waals surface area contributed by atoms with Crippen LogP contribution in [0.3, 0.4) is 0 Å². The molecule has 0 bridgehead atoms. The van der Waals surface area contributed by atoms with Crippen LogP contribution in [0.5, 0.6) is 0 Å². The van der Waals surface area contributed by atoms with Crippen molar-refractivity contribution in [3.05, 3.63) is 34.1 Å². The lowest BCUT2D eigenvalue weighted by Gasteiger charge is -2.06. The molecule has 0 fully saturated rings. The number of nitrogens with one attached hydrogen (secondary N) is 1. The largest absolute Gasteiger partial charge is 0.396 e. The van der Waals surface area contributed by atoms with Gasteiger partial charge in [-0.05, 0) is 25.0 Å². The third-order valence-corrected chi connectivity index (χ3v) is 2.56. The first-order chi connectivity index (χ1) is 8.65. The first-order valence-electron chi connectivity index (χ1n) is 5.94. The third-order valence-electron chi connectivity index (χ3n) is 2.56. The van der Waals surface area contributed by atoms with Crippen molar-refractivity contribution in [3.8, 4) is 0 Å². The number of anilines is 1. The van der Waals surface area contributed by atoms with E-state index < -0.39 is 10.7 Å². The number of aliphatic hydroxyl groups is 1. The highest BCUT2D eigenvalue weighted by Crippen LogP contribution is 2.24. The lowest BCUT2D eigenvalue weighted by Crippen LogP contribution is -2.04. The summed E-state index contributed by atoms with van der Waals surface area (Å²) in [7, 11) is 0. The van der Waals surface area contributed by atoms with E-state index in [0.29, 0.717) is 12.2 Å². The number of nitro benzene ring substituents is 1. The van der Waals surface area contributed by atoms with Crippen molar-refractivity contribution in [2.24, 2.45) is 0 Å². The van der Waals surface area contributed by atoms with Gasteiger partial charge >= 0.3 is 0 Å². The minimum Gasteiger partial charge on any atom is -0.396 e. The lowest BCUT2D eigenvalue weighted by atomic mass is 10.2. The van der Waals surface area contributed by atoms with Gasteiger partial charge in [0, 0.05) is 13.2 Å². The van der Waals surface area contributed by atoms with E-state index in [1.165, 1.54) is 12.1 Å². The molecule has 1 rings (SSSR count). The molecule has 0 heterocycles. The molecule has 0 amide bonds. The number of nitro groups is 1. The predicted molar refractivity (Wildman–Crippen MR) is 67.1 cm³/mol. The van der Waals surface area contributed by atoms with E-state index in [2.05, 4.69) is 5.32 Å². The molecule has 0 saturated carbocycles. The zero-order valence-electron chi connectivity index (χ0n) is 10.1. The van der Waals surface area contributed by atoms with Crippen molar-refractivity contribution in [3.63, 3.8) is 0 Å². The maximum atomic E-state index is 12.9. The molecule has 0 aliphatic rings. The van der Waals surface area contributed by atoms with E-state index in [1.54, 1.807) is 0 Å². The Bertz CT molecular complexity index is 399. The Morgan fingerprint density at radius 1 is 1.28 bits per heavy atom. The monoisotopic (exact) mass is 256 g/mol. The Labute approximate surface area is 105 Å². The van der Waals surface area contributed by atoms with E-state index in [1.807, 2.05) is 0 Å². The summed E-state index contributed by atoms with van der Waals surface area (Å²) in [4.78, 5) is 10.1. The van der Waals surface area contributed by atoms with Crippen LogP contribution >= 0.6 is 0 Å². The second kappa shape index (κ2) is 7.60. The van der Waals surface area contributed by atoms with Crippen LogP contribution in [0.4, 0.5) is 15.8 Å². The smallest absolute Gasteiger partial charge is 0.295 e. The number of hydrogen-bond donors (Lipinski definition) is 2. The minimum absolute atomic E-state index is 0.191. The Kier molecular flexibility index (Phi) is 6.07. The summed E-state index contributed by atoms with van der Waals surface area (Å²) in [6.07, 6.45) is 3.51. The van der Waals surface area contributed by atoms with Gasteiger partial charge in [0.05, 0.1) is 11.0 Å². The van der Waals surface area contributed by atoms with Crippen LogP contribution < -0.4 is 5.32 Å². The van der Waals surface area contributed by atoms with E-state index >= 15 is 0 Å². The summed E-state index contributed by atoms with van der Waals surface area (Å²) < 4.78 is 12.9. The van der Waals surface area contributed by atoms with Crippen LogP contribution in [0.2, 0.25) is 0 Å². The van der Waals surface area contributed by atoms with Crippen LogP contribution in [0.25, 0.3) is 0 Å². The molecular weight excluding hydrogens is 239 g/mol. The quantitative estimate of drug-likeness (QED) is 0.426. The second-order valence-electron chi connectivity index (χ2n) is 3.98. The van der Waals surface area contributed by atoms with Crippen molar-refractivity contribution < 1.29 is 14.4 Å². The van der Waals surface area contributed by atoms with E-state index in [9.17, 15) is 14.5 Å². The summed E-state index contributed by atoms with van der Waals surface area (Å²) in [6.45, 7) is 0.786. The Hall–Kier alpha value is -1.69. The number of hydrogen-bond acceptors (Lipinski definition) is 4. The molecule has 0 aromatic heterocycles. The van der Waals surface area contributed by atoms with Gasteiger partial charge in [-0.25, -0.2) is 4.39 Å². The highest BCUT2D eigenvalue weighted by atomic mass is 19.1. The fraction of sp³-hybridized carbons (Fsp3) is 0.500. The maximum absolute atomic E-state index is 12.9. The summed E-state index contributed by atoms with van der Waals surface area (Å²) >= 11 is 0. The molecule has 6 heteroatoms. The fourth-order valence-corrected chi connectivity index (χ4v) is 1.62. The summed E-state index contributed by atoms with van der Waals surface area (Å²) in [5.74, 6) is -0.616. The van der Waals surface area contributed by atoms with Crippen molar-refractivity contribution in [1.29, 1.82) is 0 Å². The Morgan fingerprint density at radius 2 is 2.00 bits per heavy atom. The summed E-state index contributed by atoms with van der Waals surface area (Å²) in [5, 5.41) is 22.2. The molecule has 18 heavy (non-hydrogen) atoms. The average Bonchev–Trinajstić information content (AvgIpc) is 2.35. The summed E-state index contributed by atoms with van der Waals surface area (Å²) in [5.41, 5.74) is 0.0916. The fourth-order valence-electron chi connectivity index (χ4n) is 1.62. The van der Waals surface area contributed by atoms with Crippen LogP contribution in [-0.2, 0) is 0 Å². The molecular formula is C12H17FN2O3. The molecule has 0 radical (unpaired) electrons.